The van der Waals surface area contributed by atoms with Crippen LogP contribution in [-0.4, -0.2) is 40.1 Å². The first-order valence-corrected chi connectivity index (χ1v) is 13.8. The van der Waals surface area contributed by atoms with Crippen LogP contribution in [0.5, 0.6) is 0 Å². The van der Waals surface area contributed by atoms with Crippen molar-refractivity contribution >= 4 is 11.0 Å². The molecule has 3 aromatic rings. The van der Waals surface area contributed by atoms with E-state index in [9.17, 15) is 4.21 Å². The summed E-state index contributed by atoms with van der Waals surface area (Å²) in [5.74, 6) is 0. The summed E-state index contributed by atoms with van der Waals surface area (Å²) in [5, 5.41) is 0. The van der Waals surface area contributed by atoms with Crippen LogP contribution in [0.1, 0.15) is 37.5 Å². The van der Waals surface area contributed by atoms with Gasteiger partial charge in [0.15, 0.2) is 0 Å². The highest BCUT2D eigenvalue weighted by atomic mass is 32.2. The van der Waals surface area contributed by atoms with Gasteiger partial charge in [0.2, 0.25) is 0 Å². The van der Waals surface area contributed by atoms with Crippen LogP contribution in [0.2, 0.25) is 0 Å². The number of benzene rings is 3. The molecule has 198 valence electrons. The molecule has 7 heteroatoms. The molecular formula is C30H37NO5S. The second-order valence-electron chi connectivity index (χ2n) is 10.1. The third kappa shape index (κ3) is 8.30. The van der Waals surface area contributed by atoms with Gasteiger partial charge in [-0.05, 0) is 37.5 Å². The molecule has 4 rings (SSSR count). The number of rotatable bonds is 12. The summed E-state index contributed by atoms with van der Waals surface area (Å²) >= 11 is 0. The zero-order valence-electron chi connectivity index (χ0n) is 21.7. The molecule has 0 aromatic heterocycles. The van der Waals surface area contributed by atoms with Crippen LogP contribution in [0, 0.1) is 0 Å². The van der Waals surface area contributed by atoms with Gasteiger partial charge in [0.25, 0.3) is 0 Å². The van der Waals surface area contributed by atoms with E-state index in [1.54, 1.807) is 0 Å². The van der Waals surface area contributed by atoms with E-state index in [0.717, 1.165) is 16.7 Å². The van der Waals surface area contributed by atoms with E-state index in [2.05, 4.69) is 4.72 Å². The van der Waals surface area contributed by atoms with Gasteiger partial charge in [0, 0.05) is 0 Å². The lowest BCUT2D eigenvalue weighted by Crippen LogP contribution is -2.47. The molecule has 1 N–H and O–H groups in total. The summed E-state index contributed by atoms with van der Waals surface area (Å²) in [6.07, 6.45) is -1.92. The molecule has 0 saturated carbocycles. The van der Waals surface area contributed by atoms with E-state index in [-0.39, 0.29) is 0 Å². The van der Waals surface area contributed by atoms with Crippen LogP contribution in [0.15, 0.2) is 91.0 Å². The van der Waals surface area contributed by atoms with E-state index in [4.69, 9.17) is 18.9 Å². The molecule has 37 heavy (non-hydrogen) atoms. The van der Waals surface area contributed by atoms with Gasteiger partial charge in [-0.1, -0.05) is 91.0 Å². The standard InChI is InChI=1S/C30H37NO5S/c1-30(2,3)37(32)31-29-28(35-21-25-17-11-6-12-18-25)27(34-20-24-15-9-5-10-16-24)26(36-29)22-33-19-23-13-7-4-8-14-23/h4-18,26-29,31H,19-22H2,1-3H3/t26-,27+,28-,29?,37?/m1/s1. The van der Waals surface area contributed by atoms with Gasteiger partial charge < -0.3 is 18.9 Å². The van der Waals surface area contributed by atoms with Crippen molar-refractivity contribution in [1.82, 2.24) is 4.72 Å². The van der Waals surface area contributed by atoms with Gasteiger partial charge in [-0.25, -0.2) is 8.93 Å². The Morgan fingerprint density at radius 1 is 0.730 bits per heavy atom. The highest BCUT2D eigenvalue weighted by Gasteiger charge is 2.47. The van der Waals surface area contributed by atoms with Gasteiger partial charge in [-0.15, -0.1) is 0 Å². The maximum atomic E-state index is 13.0. The van der Waals surface area contributed by atoms with Crippen molar-refractivity contribution < 1.29 is 23.2 Å². The maximum Gasteiger partial charge on any atom is 0.148 e. The summed E-state index contributed by atoms with van der Waals surface area (Å²) in [4.78, 5) is 0. The maximum absolute atomic E-state index is 13.0. The van der Waals surface area contributed by atoms with E-state index in [1.165, 1.54) is 0 Å². The number of ether oxygens (including phenoxy) is 4. The van der Waals surface area contributed by atoms with Crippen LogP contribution < -0.4 is 4.72 Å². The predicted octanol–water partition coefficient (Wildman–Crippen LogP) is 5.15. The zero-order chi connectivity index (χ0) is 26.1. The lowest BCUT2D eigenvalue weighted by molar-refractivity contribution is -0.0898. The van der Waals surface area contributed by atoms with Gasteiger partial charge >= 0.3 is 0 Å². The van der Waals surface area contributed by atoms with Crippen molar-refractivity contribution in [2.24, 2.45) is 0 Å². The van der Waals surface area contributed by atoms with Crippen molar-refractivity contribution in [3.63, 3.8) is 0 Å². The SMILES string of the molecule is CC(C)(C)S(=O)NC1O[C@H](COCc2ccccc2)[C@H](OCc2ccccc2)[C@H]1OCc1ccccc1. The zero-order valence-corrected chi connectivity index (χ0v) is 22.6. The Kier molecular flexibility index (Phi) is 10.0. The van der Waals surface area contributed by atoms with Crippen LogP contribution >= 0.6 is 0 Å². The topological polar surface area (TPSA) is 66.0 Å². The van der Waals surface area contributed by atoms with Crippen LogP contribution in [0.3, 0.4) is 0 Å². The molecule has 0 bridgehead atoms. The molecule has 1 aliphatic heterocycles. The minimum absolute atomic E-state index is 0.319. The molecule has 2 unspecified atom stereocenters. The second-order valence-corrected chi connectivity index (χ2v) is 12.1. The van der Waals surface area contributed by atoms with Gasteiger partial charge in [0.1, 0.15) is 24.5 Å². The molecule has 6 nitrogen and oxygen atoms in total. The molecule has 3 aromatic carbocycles. The number of hydrogen-bond acceptors (Lipinski definition) is 5. The van der Waals surface area contributed by atoms with Crippen molar-refractivity contribution in [3.05, 3.63) is 108 Å². The molecule has 1 saturated heterocycles. The molecule has 0 radical (unpaired) electrons. The minimum atomic E-state index is -1.35. The van der Waals surface area contributed by atoms with Crippen molar-refractivity contribution in [3.8, 4) is 0 Å². The molecule has 0 spiro atoms. The third-order valence-corrected chi connectivity index (χ3v) is 7.61. The number of hydrogen-bond donors (Lipinski definition) is 1. The smallest absolute Gasteiger partial charge is 0.148 e. The highest BCUT2D eigenvalue weighted by molar-refractivity contribution is 7.84. The minimum Gasteiger partial charge on any atom is -0.374 e. The lowest BCUT2D eigenvalue weighted by Gasteiger charge is -2.27. The Morgan fingerprint density at radius 2 is 1.19 bits per heavy atom. The summed E-state index contributed by atoms with van der Waals surface area (Å²) in [7, 11) is -1.35. The average Bonchev–Trinajstić information content (AvgIpc) is 3.23. The molecule has 0 amide bonds. The predicted molar refractivity (Wildman–Crippen MR) is 146 cm³/mol. The highest BCUT2D eigenvalue weighted by Crippen LogP contribution is 2.29. The average molecular weight is 524 g/mol. The van der Waals surface area contributed by atoms with Gasteiger partial charge in [-0.2, -0.15) is 0 Å². The monoisotopic (exact) mass is 523 g/mol. The quantitative estimate of drug-likeness (QED) is 0.356. The fraction of sp³-hybridized carbons (Fsp3) is 0.400. The van der Waals surface area contributed by atoms with Crippen LogP contribution in [0.25, 0.3) is 0 Å². The van der Waals surface area contributed by atoms with Crippen molar-refractivity contribution in [2.45, 2.75) is 69.9 Å². The Morgan fingerprint density at radius 3 is 1.68 bits per heavy atom. The molecule has 0 aliphatic carbocycles. The number of nitrogens with one attached hydrogen (secondary N) is 1. The molecule has 1 heterocycles. The van der Waals surface area contributed by atoms with E-state index < -0.39 is 40.3 Å². The summed E-state index contributed by atoms with van der Waals surface area (Å²) < 4.78 is 41.0. The Bertz CT molecular complexity index is 1090. The molecular weight excluding hydrogens is 486 g/mol. The van der Waals surface area contributed by atoms with E-state index in [1.807, 2.05) is 112 Å². The fourth-order valence-corrected chi connectivity index (χ4v) is 4.78. The van der Waals surface area contributed by atoms with Crippen LogP contribution in [-0.2, 0) is 49.8 Å². The van der Waals surface area contributed by atoms with E-state index >= 15 is 0 Å². The second kappa shape index (κ2) is 13.4. The third-order valence-electron chi connectivity index (χ3n) is 6.05. The van der Waals surface area contributed by atoms with Crippen molar-refractivity contribution in [1.29, 1.82) is 0 Å². The van der Waals surface area contributed by atoms with E-state index in [0.29, 0.717) is 26.4 Å². The molecule has 1 fully saturated rings. The first kappa shape index (κ1) is 27.6. The summed E-state index contributed by atoms with van der Waals surface area (Å²) in [5.41, 5.74) is 3.19. The van der Waals surface area contributed by atoms with Crippen molar-refractivity contribution in [2.75, 3.05) is 6.61 Å². The Hall–Kier alpha value is -2.39. The molecule has 5 atom stereocenters. The van der Waals surface area contributed by atoms with Gasteiger partial charge in [-0.3, -0.25) is 0 Å². The summed E-state index contributed by atoms with van der Waals surface area (Å²) in [6, 6.07) is 30.0. The summed E-state index contributed by atoms with van der Waals surface area (Å²) in [6.45, 7) is 7.36. The fourth-order valence-electron chi connectivity index (χ4n) is 4.02. The van der Waals surface area contributed by atoms with Crippen LogP contribution in [0.4, 0.5) is 0 Å². The normalized spacial score (nSPS) is 22.7. The largest absolute Gasteiger partial charge is 0.374 e. The lowest BCUT2D eigenvalue weighted by atomic mass is 10.1. The first-order valence-electron chi connectivity index (χ1n) is 12.7. The van der Waals surface area contributed by atoms with Gasteiger partial charge in [0.05, 0.1) is 42.2 Å². The first-order chi connectivity index (χ1) is 17.9. The Labute approximate surface area is 222 Å². The molecule has 1 aliphatic rings. The Balaban J connectivity index is 1.51.